The molecule has 0 aliphatic heterocycles. The van der Waals surface area contributed by atoms with Gasteiger partial charge in [0.05, 0.1) is 4.47 Å². The molecule has 98 valence electrons. The monoisotopic (exact) mass is 315 g/mol. The first-order valence-corrected chi connectivity index (χ1v) is 7.25. The predicted octanol–water partition coefficient (Wildman–Crippen LogP) is 4.01. The third kappa shape index (κ3) is 2.32. The Morgan fingerprint density at radius 2 is 2.00 bits per heavy atom. The van der Waals surface area contributed by atoms with E-state index in [4.69, 9.17) is 0 Å². The van der Waals surface area contributed by atoms with Crippen LogP contribution in [-0.2, 0) is 6.54 Å². The van der Waals surface area contributed by atoms with Gasteiger partial charge in [-0.05, 0) is 65.1 Å². The Balaban J connectivity index is 1.61. The summed E-state index contributed by atoms with van der Waals surface area (Å²) < 4.78 is 27.6. The van der Waals surface area contributed by atoms with Crippen molar-refractivity contribution in [2.75, 3.05) is 6.54 Å². The standard InChI is InChI=1S/C14H16BrF2N/c15-11-3-4-12(16)10(13(11)17)7-18-8-14(5-6-14)9-1-2-9/h3-4,9,18H,1-2,5-8H2. The van der Waals surface area contributed by atoms with E-state index in [0.717, 1.165) is 12.5 Å². The summed E-state index contributed by atoms with van der Waals surface area (Å²) in [5, 5.41) is 3.23. The molecule has 1 aromatic carbocycles. The molecule has 0 saturated heterocycles. The lowest BCUT2D eigenvalue weighted by Gasteiger charge is -2.15. The van der Waals surface area contributed by atoms with Crippen molar-refractivity contribution in [1.82, 2.24) is 5.32 Å². The van der Waals surface area contributed by atoms with E-state index in [1.807, 2.05) is 0 Å². The van der Waals surface area contributed by atoms with Gasteiger partial charge < -0.3 is 5.32 Å². The average Bonchev–Trinajstić information content (AvgIpc) is 3.20. The highest BCUT2D eigenvalue weighted by Crippen LogP contribution is 2.60. The molecule has 2 fully saturated rings. The van der Waals surface area contributed by atoms with Crippen molar-refractivity contribution >= 4 is 15.9 Å². The molecule has 18 heavy (non-hydrogen) atoms. The van der Waals surface area contributed by atoms with Gasteiger partial charge in [-0.1, -0.05) is 0 Å². The summed E-state index contributed by atoms with van der Waals surface area (Å²) in [6.45, 7) is 1.16. The first-order chi connectivity index (χ1) is 8.62. The van der Waals surface area contributed by atoms with Gasteiger partial charge in [-0.3, -0.25) is 0 Å². The van der Waals surface area contributed by atoms with Crippen molar-refractivity contribution < 1.29 is 8.78 Å². The summed E-state index contributed by atoms with van der Waals surface area (Å²) >= 11 is 3.09. The van der Waals surface area contributed by atoms with Crippen molar-refractivity contribution in [3.05, 3.63) is 33.8 Å². The number of hydrogen-bond acceptors (Lipinski definition) is 1. The fraction of sp³-hybridized carbons (Fsp3) is 0.571. The average molecular weight is 316 g/mol. The molecule has 0 unspecified atom stereocenters. The molecule has 0 bridgehead atoms. The van der Waals surface area contributed by atoms with E-state index in [2.05, 4.69) is 21.2 Å². The molecule has 0 amide bonds. The second kappa shape index (κ2) is 4.57. The highest BCUT2D eigenvalue weighted by Gasteiger charge is 2.53. The highest BCUT2D eigenvalue weighted by atomic mass is 79.9. The smallest absolute Gasteiger partial charge is 0.144 e. The lowest BCUT2D eigenvalue weighted by Crippen LogP contribution is -2.25. The summed E-state index contributed by atoms with van der Waals surface area (Å²) in [5.41, 5.74) is 0.592. The number of nitrogens with one attached hydrogen (secondary N) is 1. The second-order valence-electron chi connectivity index (χ2n) is 5.56. The van der Waals surface area contributed by atoms with Crippen molar-refractivity contribution in [1.29, 1.82) is 0 Å². The van der Waals surface area contributed by atoms with Gasteiger partial charge >= 0.3 is 0 Å². The van der Waals surface area contributed by atoms with Gasteiger partial charge in [-0.25, -0.2) is 8.78 Å². The molecule has 3 rings (SSSR count). The summed E-state index contributed by atoms with van der Waals surface area (Å²) in [5.74, 6) is -0.0968. The third-order valence-corrected chi connectivity index (χ3v) is 4.87. The first-order valence-electron chi connectivity index (χ1n) is 6.45. The van der Waals surface area contributed by atoms with Crippen LogP contribution in [0.1, 0.15) is 31.2 Å². The number of rotatable bonds is 5. The lowest BCUT2D eigenvalue weighted by molar-refractivity contribution is 0.398. The van der Waals surface area contributed by atoms with E-state index in [0.29, 0.717) is 9.89 Å². The number of hydrogen-bond donors (Lipinski definition) is 1. The van der Waals surface area contributed by atoms with Crippen molar-refractivity contribution in [2.24, 2.45) is 11.3 Å². The molecule has 0 radical (unpaired) electrons. The van der Waals surface area contributed by atoms with Crippen LogP contribution in [0.3, 0.4) is 0 Å². The summed E-state index contributed by atoms with van der Waals surface area (Å²) in [6, 6.07) is 2.71. The Morgan fingerprint density at radius 1 is 1.28 bits per heavy atom. The molecule has 1 N–H and O–H groups in total. The van der Waals surface area contributed by atoms with Crippen LogP contribution in [0.4, 0.5) is 8.78 Å². The minimum Gasteiger partial charge on any atom is -0.312 e. The van der Waals surface area contributed by atoms with Gasteiger partial charge in [0.2, 0.25) is 0 Å². The quantitative estimate of drug-likeness (QED) is 0.810. The Hall–Kier alpha value is -0.480. The Kier molecular flexibility index (Phi) is 3.18. The van der Waals surface area contributed by atoms with Crippen LogP contribution in [0.5, 0.6) is 0 Å². The molecule has 0 spiro atoms. The Labute approximate surface area is 114 Å². The maximum absolute atomic E-state index is 13.7. The fourth-order valence-electron chi connectivity index (χ4n) is 2.75. The molecular formula is C14H16BrF2N. The molecule has 0 aromatic heterocycles. The minimum absolute atomic E-state index is 0.135. The predicted molar refractivity (Wildman–Crippen MR) is 70.2 cm³/mol. The zero-order valence-corrected chi connectivity index (χ0v) is 11.7. The van der Waals surface area contributed by atoms with E-state index >= 15 is 0 Å². The first kappa shape index (κ1) is 12.5. The molecule has 2 saturated carbocycles. The van der Waals surface area contributed by atoms with Gasteiger partial charge in [0.1, 0.15) is 11.6 Å². The topological polar surface area (TPSA) is 12.0 Å². The fourth-order valence-corrected chi connectivity index (χ4v) is 3.12. The molecule has 2 aliphatic carbocycles. The molecule has 1 aromatic rings. The van der Waals surface area contributed by atoms with Gasteiger partial charge in [0.25, 0.3) is 0 Å². The van der Waals surface area contributed by atoms with Crippen molar-refractivity contribution in [3.63, 3.8) is 0 Å². The molecular weight excluding hydrogens is 300 g/mol. The molecule has 1 nitrogen and oxygen atoms in total. The SMILES string of the molecule is Fc1ccc(Br)c(F)c1CNCC1(C2CC2)CC1. The van der Waals surface area contributed by atoms with Gasteiger partial charge in [0, 0.05) is 18.7 Å². The van der Waals surface area contributed by atoms with Crippen molar-refractivity contribution in [2.45, 2.75) is 32.2 Å². The zero-order chi connectivity index (χ0) is 12.8. The van der Waals surface area contributed by atoms with Crippen LogP contribution < -0.4 is 5.32 Å². The molecule has 0 heterocycles. The molecule has 0 atom stereocenters. The van der Waals surface area contributed by atoms with Crippen LogP contribution in [0, 0.1) is 23.0 Å². The van der Waals surface area contributed by atoms with E-state index in [1.165, 1.54) is 37.8 Å². The Morgan fingerprint density at radius 3 is 2.61 bits per heavy atom. The van der Waals surface area contributed by atoms with E-state index in [-0.39, 0.29) is 12.1 Å². The van der Waals surface area contributed by atoms with E-state index in [9.17, 15) is 8.78 Å². The maximum atomic E-state index is 13.7. The minimum atomic E-state index is -0.487. The van der Waals surface area contributed by atoms with E-state index < -0.39 is 11.6 Å². The second-order valence-corrected chi connectivity index (χ2v) is 6.42. The van der Waals surface area contributed by atoms with Crippen LogP contribution in [0.25, 0.3) is 0 Å². The largest absolute Gasteiger partial charge is 0.312 e. The number of benzene rings is 1. The van der Waals surface area contributed by atoms with Crippen LogP contribution >= 0.6 is 15.9 Å². The molecule has 4 heteroatoms. The highest BCUT2D eigenvalue weighted by molar-refractivity contribution is 9.10. The lowest BCUT2D eigenvalue weighted by atomic mass is 10.0. The van der Waals surface area contributed by atoms with Crippen LogP contribution in [0.15, 0.2) is 16.6 Å². The van der Waals surface area contributed by atoms with Gasteiger partial charge in [-0.15, -0.1) is 0 Å². The number of halogens is 3. The van der Waals surface area contributed by atoms with Gasteiger partial charge in [0.15, 0.2) is 0 Å². The molecule has 2 aliphatic rings. The maximum Gasteiger partial charge on any atom is 0.144 e. The summed E-state index contributed by atoms with van der Waals surface area (Å²) in [4.78, 5) is 0. The van der Waals surface area contributed by atoms with Crippen LogP contribution in [-0.4, -0.2) is 6.54 Å². The normalized spacial score (nSPS) is 21.1. The summed E-state index contributed by atoms with van der Waals surface area (Å²) in [7, 11) is 0. The Bertz CT molecular complexity index is 467. The van der Waals surface area contributed by atoms with Crippen molar-refractivity contribution in [3.8, 4) is 0 Å². The van der Waals surface area contributed by atoms with E-state index in [1.54, 1.807) is 0 Å². The third-order valence-electron chi connectivity index (χ3n) is 4.25. The van der Waals surface area contributed by atoms with Crippen LogP contribution in [0.2, 0.25) is 0 Å². The van der Waals surface area contributed by atoms with Gasteiger partial charge in [-0.2, -0.15) is 0 Å². The zero-order valence-electron chi connectivity index (χ0n) is 10.1. The summed E-state index contributed by atoms with van der Waals surface area (Å²) in [6.07, 6.45) is 5.21.